The summed E-state index contributed by atoms with van der Waals surface area (Å²) in [7, 11) is 1.56. The molecular formula is C28H36ClN3O5. The van der Waals surface area contributed by atoms with E-state index in [4.69, 9.17) is 21.1 Å². The summed E-state index contributed by atoms with van der Waals surface area (Å²) in [4.78, 5) is 42.8. The van der Waals surface area contributed by atoms with Crippen LogP contribution in [0.15, 0.2) is 30.4 Å². The largest absolute Gasteiger partial charge is 0.383 e. The number of hydrogen-bond donors (Lipinski definition) is 2. The van der Waals surface area contributed by atoms with E-state index in [1.54, 1.807) is 24.1 Å². The summed E-state index contributed by atoms with van der Waals surface area (Å²) in [6.45, 7) is 6.80. The lowest BCUT2D eigenvalue weighted by molar-refractivity contribution is -0.142. The van der Waals surface area contributed by atoms with Crippen molar-refractivity contribution in [2.45, 2.75) is 63.8 Å². The van der Waals surface area contributed by atoms with Gasteiger partial charge < -0.3 is 25.0 Å². The van der Waals surface area contributed by atoms with Crippen LogP contribution in [0.4, 0.5) is 5.69 Å². The summed E-state index contributed by atoms with van der Waals surface area (Å²) >= 11 is 6.25. The Morgan fingerprint density at radius 3 is 2.76 bits per heavy atom. The number of rotatable bonds is 7. The molecule has 8 nitrogen and oxygen atoms in total. The van der Waals surface area contributed by atoms with E-state index in [1.165, 1.54) is 0 Å². The van der Waals surface area contributed by atoms with Gasteiger partial charge in [-0.15, -0.1) is 0 Å². The summed E-state index contributed by atoms with van der Waals surface area (Å²) < 4.78 is 11.6. The fraction of sp³-hybridized carbons (Fsp3) is 0.607. The van der Waals surface area contributed by atoms with Crippen molar-refractivity contribution in [3.8, 4) is 0 Å². The third-order valence-electron chi connectivity index (χ3n) is 8.94. The van der Waals surface area contributed by atoms with Crippen molar-refractivity contribution < 1.29 is 23.9 Å². The lowest BCUT2D eigenvalue weighted by Gasteiger charge is -2.38. The quantitative estimate of drug-likeness (QED) is 0.528. The van der Waals surface area contributed by atoms with Crippen LogP contribution in [-0.2, 0) is 23.9 Å². The van der Waals surface area contributed by atoms with Crippen molar-refractivity contribution in [3.05, 3.63) is 40.9 Å². The SMILES string of the molecule is COCCN1C(=O)[C@H]2C(C(=O)Nc3ccc(C)c(Cl)c3)[C@H]3C=CC2(O3)C1C(=O)NC1CCCC(C)C1C. The Morgan fingerprint density at radius 1 is 1.24 bits per heavy atom. The molecule has 3 heterocycles. The van der Waals surface area contributed by atoms with Crippen LogP contribution in [0, 0.1) is 30.6 Å². The molecule has 1 spiro atoms. The highest BCUT2D eigenvalue weighted by Crippen LogP contribution is 2.55. The monoisotopic (exact) mass is 529 g/mol. The van der Waals surface area contributed by atoms with E-state index < -0.39 is 29.6 Å². The molecule has 6 unspecified atom stereocenters. The van der Waals surface area contributed by atoms with Crippen molar-refractivity contribution in [2.24, 2.45) is 23.7 Å². The zero-order valence-electron chi connectivity index (χ0n) is 21.8. The maximum atomic E-state index is 13.9. The maximum absolute atomic E-state index is 13.9. The average molecular weight is 530 g/mol. The number of anilines is 1. The minimum Gasteiger partial charge on any atom is -0.383 e. The second-order valence-electron chi connectivity index (χ2n) is 11.1. The number of nitrogens with zero attached hydrogens (tertiary/aromatic N) is 1. The highest BCUT2D eigenvalue weighted by atomic mass is 35.5. The van der Waals surface area contributed by atoms with Crippen LogP contribution in [-0.4, -0.2) is 66.7 Å². The predicted molar refractivity (Wildman–Crippen MR) is 140 cm³/mol. The molecule has 1 aromatic rings. The molecule has 1 aromatic carbocycles. The van der Waals surface area contributed by atoms with Crippen LogP contribution >= 0.6 is 11.6 Å². The van der Waals surface area contributed by atoms with Crippen LogP contribution in [0.3, 0.4) is 0 Å². The molecule has 5 rings (SSSR count). The number of halogens is 1. The zero-order chi connectivity index (χ0) is 26.5. The lowest BCUT2D eigenvalue weighted by atomic mass is 9.73. The Morgan fingerprint density at radius 2 is 2.03 bits per heavy atom. The molecule has 0 radical (unpaired) electrons. The third kappa shape index (κ3) is 4.37. The summed E-state index contributed by atoms with van der Waals surface area (Å²) in [6.07, 6.45) is 6.19. The number of methoxy groups -OCH3 is 1. The number of nitrogens with one attached hydrogen (secondary N) is 2. The molecule has 9 heteroatoms. The van der Waals surface area contributed by atoms with E-state index in [2.05, 4.69) is 24.5 Å². The van der Waals surface area contributed by atoms with Crippen LogP contribution < -0.4 is 10.6 Å². The summed E-state index contributed by atoms with van der Waals surface area (Å²) in [5, 5.41) is 6.71. The van der Waals surface area contributed by atoms with E-state index in [-0.39, 0.29) is 36.9 Å². The van der Waals surface area contributed by atoms with E-state index in [0.717, 1.165) is 24.8 Å². The molecule has 8 atom stereocenters. The average Bonchev–Trinajstić information content (AvgIpc) is 3.50. The van der Waals surface area contributed by atoms with E-state index in [1.807, 2.05) is 25.1 Å². The van der Waals surface area contributed by atoms with Gasteiger partial charge in [-0.25, -0.2) is 0 Å². The first-order valence-electron chi connectivity index (χ1n) is 13.2. The van der Waals surface area contributed by atoms with Gasteiger partial charge in [0.2, 0.25) is 17.7 Å². The molecule has 37 heavy (non-hydrogen) atoms. The van der Waals surface area contributed by atoms with Gasteiger partial charge in [-0.2, -0.15) is 0 Å². The number of amides is 3. The number of benzene rings is 1. The van der Waals surface area contributed by atoms with Crippen LogP contribution in [0.5, 0.6) is 0 Å². The first-order valence-corrected chi connectivity index (χ1v) is 13.6. The fourth-order valence-electron chi connectivity index (χ4n) is 6.64. The molecule has 2 N–H and O–H groups in total. The van der Waals surface area contributed by atoms with Crippen molar-refractivity contribution in [2.75, 3.05) is 25.6 Å². The Kier molecular flexibility index (Phi) is 7.11. The topological polar surface area (TPSA) is 97.0 Å². The Hall–Kier alpha value is -2.42. The molecular weight excluding hydrogens is 494 g/mol. The van der Waals surface area contributed by atoms with Crippen molar-refractivity contribution in [3.63, 3.8) is 0 Å². The minimum atomic E-state index is -1.18. The molecule has 200 valence electrons. The summed E-state index contributed by atoms with van der Waals surface area (Å²) in [5.41, 5.74) is 0.272. The van der Waals surface area contributed by atoms with Gasteiger partial charge in [0, 0.05) is 30.4 Å². The number of fused-ring (bicyclic) bond motifs is 1. The number of carbonyl (C=O) groups excluding carboxylic acids is 3. The molecule has 3 fully saturated rings. The second kappa shape index (κ2) is 10.0. The Labute approximate surface area is 223 Å². The molecule has 1 saturated carbocycles. The number of carbonyl (C=O) groups is 3. The van der Waals surface area contributed by atoms with Crippen molar-refractivity contribution in [1.82, 2.24) is 10.2 Å². The standard InChI is InChI=1S/C28H36ClN3O5/c1-15-6-5-7-20(17(15)3)31-26(34)24-28-11-10-21(37-28)22(23(28)27(35)32(24)12-13-36-4)25(33)30-18-9-8-16(2)19(29)14-18/h8-11,14-15,17,20-24H,5-7,12-13H2,1-4H3,(H,30,33)(H,31,34)/t15?,17?,20?,21-,22?,23-,24?,28?/m1/s1. The van der Waals surface area contributed by atoms with Gasteiger partial charge >= 0.3 is 0 Å². The van der Waals surface area contributed by atoms with E-state index in [9.17, 15) is 14.4 Å². The normalized spacial score (nSPS) is 36.1. The van der Waals surface area contributed by atoms with Gasteiger partial charge in [0.05, 0.1) is 24.5 Å². The number of aryl methyl sites for hydroxylation is 1. The van der Waals surface area contributed by atoms with Crippen molar-refractivity contribution >= 4 is 35.0 Å². The van der Waals surface area contributed by atoms with Crippen LogP contribution in [0.1, 0.15) is 38.7 Å². The Balaban J connectivity index is 1.42. The Bertz CT molecular complexity index is 1130. The molecule has 2 bridgehead atoms. The van der Waals surface area contributed by atoms with E-state index in [0.29, 0.717) is 22.5 Å². The first-order chi connectivity index (χ1) is 17.7. The lowest BCUT2D eigenvalue weighted by Crippen LogP contribution is -2.58. The zero-order valence-corrected chi connectivity index (χ0v) is 22.6. The molecule has 3 amide bonds. The maximum Gasteiger partial charge on any atom is 0.246 e. The minimum absolute atomic E-state index is 0.0408. The van der Waals surface area contributed by atoms with Gasteiger partial charge in [0.15, 0.2) is 0 Å². The highest BCUT2D eigenvalue weighted by molar-refractivity contribution is 6.31. The number of likely N-dealkylation sites (tertiary alicyclic amines) is 1. The molecule has 1 aliphatic carbocycles. The summed E-state index contributed by atoms with van der Waals surface area (Å²) in [5.74, 6) is -1.50. The van der Waals surface area contributed by atoms with Crippen LogP contribution in [0.25, 0.3) is 0 Å². The molecule has 2 saturated heterocycles. The van der Waals surface area contributed by atoms with Gasteiger partial charge in [-0.3, -0.25) is 14.4 Å². The van der Waals surface area contributed by atoms with Crippen molar-refractivity contribution in [1.29, 1.82) is 0 Å². The van der Waals surface area contributed by atoms with Crippen LogP contribution in [0.2, 0.25) is 5.02 Å². The summed E-state index contributed by atoms with van der Waals surface area (Å²) in [6, 6.07) is 4.48. The second-order valence-corrected chi connectivity index (χ2v) is 11.5. The number of ether oxygens (including phenoxy) is 2. The third-order valence-corrected chi connectivity index (χ3v) is 9.34. The van der Waals surface area contributed by atoms with Gasteiger partial charge in [-0.1, -0.05) is 56.5 Å². The smallest absolute Gasteiger partial charge is 0.246 e. The first kappa shape index (κ1) is 26.2. The predicted octanol–water partition coefficient (Wildman–Crippen LogP) is 3.32. The fourth-order valence-corrected chi connectivity index (χ4v) is 6.82. The molecule has 4 aliphatic rings. The molecule has 3 aliphatic heterocycles. The number of hydrogen-bond acceptors (Lipinski definition) is 5. The van der Waals surface area contributed by atoms with E-state index >= 15 is 0 Å². The van der Waals surface area contributed by atoms with Gasteiger partial charge in [-0.05, 0) is 42.9 Å². The molecule has 0 aromatic heterocycles. The van der Waals surface area contributed by atoms with Gasteiger partial charge in [0.25, 0.3) is 0 Å². The van der Waals surface area contributed by atoms with Gasteiger partial charge in [0.1, 0.15) is 11.6 Å². The highest BCUT2D eigenvalue weighted by Gasteiger charge is 2.72.